The Kier molecular flexibility index (Phi) is 4.28. The fourth-order valence-electron chi connectivity index (χ4n) is 2.50. The highest BCUT2D eigenvalue weighted by atomic mass is 16.2. The van der Waals surface area contributed by atoms with Crippen LogP contribution < -0.4 is 0 Å². The average Bonchev–Trinajstić information content (AvgIpc) is 2.25. The Morgan fingerprint density at radius 3 is 2.32 bits per heavy atom. The molecule has 0 radical (unpaired) electrons. The maximum atomic E-state index is 12.5. The van der Waals surface area contributed by atoms with Gasteiger partial charge in [0.2, 0.25) is 5.91 Å². The second-order valence-electron chi connectivity index (χ2n) is 6.87. The summed E-state index contributed by atoms with van der Waals surface area (Å²) in [7, 11) is 0. The molecule has 1 aliphatic rings. The highest BCUT2D eigenvalue weighted by Gasteiger charge is 2.31. The number of amides is 1. The lowest BCUT2D eigenvalue weighted by molar-refractivity contribution is -0.140. The molecule has 0 saturated heterocycles. The van der Waals surface area contributed by atoms with E-state index in [1.165, 1.54) is 12.0 Å². The Labute approximate surface area is 116 Å². The molecular formula is C17H25NO. The number of rotatable bonds is 4. The second kappa shape index (κ2) is 5.77. The predicted octanol–water partition coefficient (Wildman–Crippen LogP) is 3.86. The number of carbonyl (C=O) groups excluding carboxylic acids is 1. The summed E-state index contributed by atoms with van der Waals surface area (Å²) in [5.74, 6) is 0.635. The summed E-state index contributed by atoms with van der Waals surface area (Å²) in [5.41, 5.74) is 1.37. The molecule has 0 heterocycles. The van der Waals surface area contributed by atoms with Crippen LogP contribution in [0.2, 0.25) is 0 Å². The van der Waals surface area contributed by atoms with Gasteiger partial charge in [0, 0.05) is 19.0 Å². The minimum Gasteiger partial charge on any atom is -0.338 e. The van der Waals surface area contributed by atoms with Crippen molar-refractivity contribution in [3.05, 3.63) is 35.9 Å². The summed E-state index contributed by atoms with van der Waals surface area (Å²) < 4.78 is 0. The zero-order valence-corrected chi connectivity index (χ0v) is 12.4. The van der Waals surface area contributed by atoms with Crippen LogP contribution in [-0.4, -0.2) is 17.4 Å². The lowest BCUT2D eigenvalue weighted by atomic mass is 9.83. The topological polar surface area (TPSA) is 20.3 Å². The number of nitrogens with zero attached hydrogens (tertiary/aromatic N) is 1. The van der Waals surface area contributed by atoms with Crippen molar-refractivity contribution < 1.29 is 4.79 Å². The van der Waals surface area contributed by atoms with Crippen molar-refractivity contribution in [2.24, 2.45) is 11.3 Å². The lowest BCUT2D eigenvalue weighted by Gasteiger charge is -2.35. The van der Waals surface area contributed by atoms with Gasteiger partial charge in [-0.15, -0.1) is 0 Å². The molecule has 0 aliphatic heterocycles. The number of carbonyl (C=O) groups is 1. The van der Waals surface area contributed by atoms with Crippen LogP contribution in [0.3, 0.4) is 0 Å². The van der Waals surface area contributed by atoms with E-state index in [9.17, 15) is 4.79 Å². The van der Waals surface area contributed by atoms with Crippen molar-refractivity contribution in [3.63, 3.8) is 0 Å². The van der Waals surface area contributed by atoms with Gasteiger partial charge >= 0.3 is 0 Å². The van der Waals surface area contributed by atoms with Crippen LogP contribution in [0.15, 0.2) is 30.3 Å². The van der Waals surface area contributed by atoms with Crippen molar-refractivity contribution in [3.8, 4) is 0 Å². The van der Waals surface area contributed by atoms with E-state index in [-0.39, 0.29) is 11.3 Å². The van der Waals surface area contributed by atoms with E-state index in [0.29, 0.717) is 5.91 Å². The van der Waals surface area contributed by atoms with Gasteiger partial charge in [0.1, 0.15) is 0 Å². The highest BCUT2D eigenvalue weighted by molar-refractivity contribution is 5.79. The van der Waals surface area contributed by atoms with Gasteiger partial charge in [-0.05, 0) is 23.8 Å². The Balaban J connectivity index is 2.07. The summed E-state index contributed by atoms with van der Waals surface area (Å²) >= 11 is 0. The molecule has 2 rings (SSSR count). The summed E-state index contributed by atoms with van der Waals surface area (Å²) in [4.78, 5) is 14.6. The minimum absolute atomic E-state index is 0.147. The molecule has 1 saturated carbocycles. The van der Waals surface area contributed by atoms with Gasteiger partial charge in [-0.3, -0.25) is 4.79 Å². The van der Waals surface area contributed by atoms with Crippen molar-refractivity contribution >= 4 is 5.91 Å². The molecular weight excluding hydrogens is 234 g/mol. The van der Waals surface area contributed by atoms with Crippen LogP contribution in [0.25, 0.3) is 0 Å². The number of hydrogen-bond donors (Lipinski definition) is 0. The SMILES string of the molecule is CC(C)(C)CN(Cc1ccccc1)C(=O)C1CCC1. The van der Waals surface area contributed by atoms with Gasteiger partial charge in [0.15, 0.2) is 0 Å². The zero-order chi connectivity index (χ0) is 13.9. The van der Waals surface area contributed by atoms with Crippen molar-refractivity contribution in [1.29, 1.82) is 0 Å². The summed E-state index contributed by atoms with van der Waals surface area (Å²) in [5, 5.41) is 0. The average molecular weight is 259 g/mol. The maximum absolute atomic E-state index is 12.5. The third kappa shape index (κ3) is 4.09. The number of benzene rings is 1. The molecule has 2 heteroatoms. The molecule has 0 aromatic heterocycles. The molecule has 1 amide bonds. The standard InChI is InChI=1S/C17H25NO/c1-17(2,3)13-18(16(19)15-10-7-11-15)12-14-8-5-4-6-9-14/h4-6,8-9,15H,7,10-13H2,1-3H3. The molecule has 1 aromatic carbocycles. The Morgan fingerprint density at radius 1 is 1.21 bits per heavy atom. The van der Waals surface area contributed by atoms with Gasteiger partial charge in [-0.2, -0.15) is 0 Å². The monoisotopic (exact) mass is 259 g/mol. The molecule has 19 heavy (non-hydrogen) atoms. The molecule has 104 valence electrons. The first-order valence-corrected chi connectivity index (χ1v) is 7.28. The fourth-order valence-corrected chi connectivity index (χ4v) is 2.50. The molecule has 1 aliphatic carbocycles. The van der Waals surface area contributed by atoms with E-state index in [4.69, 9.17) is 0 Å². The van der Waals surface area contributed by atoms with Crippen LogP contribution >= 0.6 is 0 Å². The largest absolute Gasteiger partial charge is 0.338 e. The Hall–Kier alpha value is -1.31. The van der Waals surface area contributed by atoms with Crippen molar-refractivity contribution in [2.45, 2.75) is 46.6 Å². The van der Waals surface area contributed by atoms with Crippen molar-refractivity contribution in [1.82, 2.24) is 4.90 Å². The summed E-state index contributed by atoms with van der Waals surface area (Å²) in [6.45, 7) is 8.15. The van der Waals surface area contributed by atoms with Gasteiger partial charge in [0.25, 0.3) is 0 Å². The van der Waals surface area contributed by atoms with Gasteiger partial charge in [-0.1, -0.05) is 57.5 Å². The lowest BCUT2D eigenvalue weighted by Crippen LogP contribution is -2.42. The fraction of sp³-hybridized carbons (Fsp3) is 0.588. The molecule has 0 spiro atoms. The summed E-state index contributed by atoms with van der Waals surface area (Å²) in [6.07, 6.45) is 3.37. The van der Waals surface area contributed by atoms with Gasteiger partial charge < -0.3 is 4.90 Å². The first kappa shape index (κ1) is 14.1. The van der Waals surface area contributed by atoms with Crippen LogP contribution in [-0.2, 0) is 11.3 Å². The smallest absolute Gasteiger partial charge is 0.225 e. The van der Waals surface area contributed by atoms with Crippen LogP contribution in [0, 0.1) is 11.3 Å². The van der Waals surface area contributed by atoms with E-state index in [2.05, 4.69) is 37.8 Å². The van der Waals surface area contributed by atoms with E-state index in [1.807, 2.05) is 18.2 Å². The van der Waals surface area contributed by atoms with Crippen LogP contribution in [0.4, 0.5) is 0 Å². The number of hydrogen-bond acceptors (Lipinski definition) is 1. The van der Waals surface area contributed by atoms with E-state index in [1.54, 1.807) is 0 Å². The first-order valence-electron chi connectivity index (χ1n) is 7.28. The highest BCUT2D eigenvalue weighted by Crippen LogP contribution is 2.30. The second-order valence-corrected chi connectivity index (χ2v) is 6.87. The molecule has 1 fully saturated rings. The first-order chi connectivity index (χ1) is 8.96. The van der Waals surface area contributed by atoms with Crippen molar-refractivity contribution in [2.75, 3.05) is 6.54 Å². The normalized spacial score (nSPS) is 15.9. The summed E-state index contributed by atoms with van der Waals surface area (Å²) in [6, 6.07) is 10.3. The molecule has 1 aromatic rings. The van der Waals surface area contributed by atoms with E-state index in [0.717, 1.165) is 25.9 Å². The molecule has 0 atom stereocenters. The third-order valence-electron chi connectivity index (χ3n) is 3.65. The third-order valence-corrected chi connectivity index (χ3v) is 3.65. The molecule has 0 bridgehead atoms. The predicted molar refractivity (Wildman–Crippen MR) is 78.7 cm³/mol. The molecule has 0 N–H and O–H groups in total. The molecule has 2 nitrogen and oxygen atoms in total. The van der Waals surface area contributed by atoms with Gasteiger partial charge in [0.05, 0.1) is 0 Å². The van der Waals surface area contributed by atoms with E-state index < -0.39 is 0 Å². The van der Waals surface area contributed by atoms with Crippen LogP contribution in [0.1, 0.15) is 45.6 Å². The Morgan fingerprint density at radius 2 is 1.84 bits per heavy atom. The van der Waals surface area contributed by atoms with Gasteiger partial charge in [-0.25, -0.2) is 0 Å². The minimum atomic E-state index is 0.147. The van der Waals surface area contributed by atoms with E-state index >= 15 is 0 Å². The maximum Gasteiger partial charge on any atom is 0.225 e. The Bertz CT molecular complexity index is 415. The van der Waals surface area contributed by atoms with Crippen LogP contribution in [0.5, 0.6) is 0 Å². The zero-order valence-electron chi connectivity index (χ0n) is 12.4. The quantitative estimate of drug-likeness (QED) is 0.804. The molecule has 0 unspecified atom stereocenters.